The van der Waals surface area contributed by atoms with Gasteiger partial charge in [-0.2, -0.15) is 11.8 Å². The second kappa shape index (κ2) is 8.65. The van der Waals surface area contributed by atoms with Crippen LogP contribution in [0.25, 0.3) is 11.0 Å². The van der Waals surface area contributed by atoms with Gasteiger partial charge in [-0.05, 0) is 38.8 Å². The molecule has 156 valence electrons. The summed E-state index contributed by atoms with van der Waals surface area (Å²) in [5.41, 5.74) is 2.07. The number of hydrogen-bond acceptors (Lipinski definition) is 4. The summed E-state index contributed by atoms with van der Waals surface area (Å²) in [7, 11) is 0. The third-order valence-corrected chi connectivity index (χ3v) is 7.22. The van der Waals surface area contributed by atoms with Gasteiger partial charge in [0.25, 0.3) is 0 Å². The SMILES string of the molecule is CC(C)n1c(CNC(=O)CCCC[C@@H]2SC[C@@H]3NC(=O)N[C@@H]32)nc2ccccc21. The van der Waals surface area contributed by atoms with E-state index in [2.05, 4.69) is 40.4 Å². The Morgan fingerprint density at radius 3 is 2.97 bits per heavy atom. The quantitative estimate of drug-likeness (QED) is 0.457. The Balaban J connectivity index is 1.22. The Bertz CT molecular complexity index is 896. The van der Waals surface area contributed by atoms with E-state index in [-0.39, 0.29) is 30.1 Å². The molecule has 4 rings (SSSR count). The highest BCUT2D eigenvalue weighted by Gasteiger charge is 2.42. The Morgan fingerprint density at radius 2 is 2.14 bits per heavy atom. The van der Waals surface area contributed by atoms with Crippen LogP contribution in [0.1, 0.15) is 51.4 Å². The number of benzene rings is 1. The van der Waals surface area contributed by atoms with Gasteiger partial charge in [0.1, 0.15) is 5.82 Å². The van der Waals surface area contributed by atoms with Crippen LogP contribution in [0, 0.1) is 0 Å². The third kappa shape index (κ3) is 4.37. The molecule has 7 nitrogen and oxygen atoms in total. The summed E-state index contributed by atoms with van der Waals surface area (Å²) in [4.78, 5) is 28.5. The number of carbonyl (C=O) groups is 2. The first kappa shape index (κ1) is 20.1. The normalized spacial score (nSPS) is 23.3. The van der Waals surface area contributed by atoms with E-state index in [0.29, 0.717) is 18.2 Å². The Kier molecular flexibility index (Phi) is 5.99. The average molecular weight is 416 g/mol. The van der Waals surface area contributed by atoms with Gasteiger partial charge >= 0.3 is 6.03 Å². The lowest BCUT2D eigenvalue weighted by atomic mass is 10.0. The van der Waals surface area contributed by atoms with Crippen molar-refractivity contribution in [3.05, 3.63) is 30.1 Å². The number of urea groups is 1. The zero-order valence-corrected chi connectivity index (χ0v) is 17.8. The highest BCUT2D eigenvalue weighted by molar-refractivity contribution is 8.00. The predicted molar refractivity (Wildman–Crippen MR) is 116 cm³/mol. The largest absolute Gasteiger partial charge is 0.349 e. The van der Waals surface area contributed by atoms with Crippen molar-refractivity contribution in [3.63, 3.8) is 0 Å². The molecular formula is C21H29N5O2S. The molecule has 3 heterocycles. The van der Waals surface area contributed by atoms with Crippen LogP contribution in [-0.2, 0) is 11.3 Å². The first-order chi connectivity index (χ1) is 14.0. The summed E-state index contributed by atoms with van der Waals surface area (Å²) in [6.45, 7) is 4.71. The first-order valence-corrected chi connectivity index (χ1v) is 11.5. The molecule has 3 atom stereocenters. The Morgan fingerprint density at radius 1 is 1.31 bits per heavy atom. The molecule has 1 aromatic heterocycles. The molecule has 1 aromatic carbocycles. The number of fused-ring (bicyclic) bond motifs is 2. The van der Waals surface area contributed by atoms with E-state index in [1.807, 2.05) is 30.0 Å². The van der Waals surface area contributed by atoms with Crippen molar-refractivity contribution in [2.24, 2.45) is 0 Å². The fraction of sp³-hybridized carbons (Fsp3) is 0.571. The number of hydrogen-bond donors (Lipinski definition) is 3. The maximum absolute atomic E-state index is 12.3. The lowest BCUT2D eigenvalue weighted by molar-refractivity contribution is -0.121. The zero-order chi connectivity index (χ0) is 20.4. The van der Waals surface area contributed by atoms with E-state index in [9.17, 15) is 9.59 Å². The fourth-order valence-corrected chi connectivity index (χ4v) is 5.88. The molecule has 2 aromatic rings. The topological polar surface area (TPSA) is 88.0 Å². The molecule has 0 aliphatic carbocycles. The maximum atomic E-state index is 12.3. The molecule has 0 spiro atoms. The van der Waals surface area contributed by atoms with Gasteiger partial charge < -0.3 is 20.5 Å². The minimum Gasteiger partial charge on any atom is -0.349 e. The van der Waals surface area contributed by atoms with Crippen LogP contribution >= 0.6 is 11.8 Å². The molecule has 0 bridgehead atoms. The van der Waals surface area contributed by atoms with Crippen LogP contribution in [-0.4, -0.2) is 44.6 Å². The van der Waals surface area contributed by atoms with E-state index < -0.39 is 0 Å². The molecular weight excluding hydrogens is 386 g/mol. The van der Waals surface area contributed by atoms with Gasteiger partial charge in [0.2, 0.25) is 5.91 Å². The average Bonchev–Trinajstić information content (AvgIpc) is 3.35. The molecule has 2 aliphatic heterocycles. The zero-order valence-electron chi connectivity index (χ0n) is 17.0. The van der Waals surface area contributed by atoms with Crippen molar-refractivity contribution in [2.45, 2.75) is 69.5 Å². The summed E-state index contributed by atoms with van der Waals surface area (Å²) < 4.78 is 2.19. The van der Waals surface area contributed by atoms with Crippen molar-refractivity contribution in [1.82, 2.24) is 25.5 Å². The summed E-state index contributed by atoms with van der Waals surface area (Å²) in [5.74, 6) is 1.94. The van der Waals surface area contributed by atoms with Crippen molar-refractivity contribution in [1.29, 1.82) is 0 Å². The number of para-hydroxylation sites is 2. The number of rotatable bonds is 8. The molecule has 2 fully saturated rings. The van der Waals surface area contributed by atoms with Gasteiger partial charge in [0, 0.05) is 23.5 Å². The molecule has 0 unspecified atom stereocenters. The summed E-state index contributed by atoms with van der Waals surface area (Å²) in [5, 5.41) is 9.47. The number of carbonyl (C=O) groups excluding carboxylic acids is 2. The molecule has 0 saturated carbocycles. The molecule has 2 aliphatic rings. The van der Waals surface area contributed by atoms with Crippen LogP contribution in [0.2, 0.25) is 0 Å². The lowest BCUT2D eigenvalue weighted by Crippen LogP contribution is -2.36. The molecule has 0 radical (unpaired) electrons. The molecule has 3 amide bonds. The highest BCUT2D eigenvalue weighted by atomic mass is 32.2. The van der Waals surface area contributed by atoms with E-state index in [1.54, 1.807) is 0 Å². The Labute approximate surface area is 175 Å². The predicted octanol–water partition coefficient (Wildman–Crippen LogP) is 2.96. The van der Waals surface area contributed by atoms with Gasteiger partial charge in [0.05, 0.1) is 29.7 Å². The smallest absolute Gasteiger partial charge is 0.315 e. The van der Waals surface area contributed by atoms with Crippen molar-refractivity contribution < 1.29 is 9.59 Å². The van der Waals surface area contributed by atoms with Crippen LogP contribution in [0.15, 0.2) is 24.3 Å². The monoisotopic (exact) mass is 415 g/mol. The van der Waals surface area contributed by atoms with Crippen LogP contribution < -0.4 is 16.0 Å². The number of thioether (sulfide) groups is 1. The van der Waals surface area contributed by atoms with Gasteiger partial charge in [-0.25, -0.2) is 9.78 Å². The van der Waals surface area contributed by atoms with Crippen LogP contribution in [0.5, 0.6) is 0 Å². The summed E-state index contributed by atoms with van der Waals surface area (Å²) in [6.07, 6.45) is 3.42. The second-order valence-corrected chi connectivity index (χ2v) is 9.40. The van der Waals surface area contributed by atoms with Gasteiger partial charge in [0.15, 0.2) is 0 Å². The number of unbranched alkanes of at least 4 members (excludes halogenated alkanes) is 1. The van der Waals surface area contributed by atoms with Gasteiger partial charge in [-0.1, -0.05) is 18.6 Å². The van der Waals surface area contributed by atoms with Crippen molar-refractivity contribution in [3.8, 4) is 0 Å². The number of nitrogens with one attached hydrogen (secondary N) is 3. The number of amides is 3. The van der Waals surface area contributed by atoms with E-state index in [4.69, 9.17) is 4.98 Å². The standard InChI is InChI=1S/C21H29N5O2S/c1-13(2)26-16-8-4-3-7-14(16)23-18(26)11-22-19(27)10-6-5-9-17-20-15(12-29-17)24-21(28)25-20/h3-4,7-8,13,15,17,20H,5-6,9-12H2,1-2H3,(H,22,27)(H2,24,25,28)/t15-,17-,20-/m0/s1. The second-order valence-electron chi connectivity index (χ2n) is 8.12. The van der Waals surface area contributed by atoms with E-state index >= 15 is 0 Å². The van der Waals surface area contributed by atoms with Crippen LogP contribution in [0.3, 0.4) is 0 Å². The highest BCUT2D eigenvalue weighted by Crippen LogP contribution is 2.33. The fourth-order valence-electron chi connectivity index (χ4n) is 4.34. The van der Waals surface area contributed by atoms with Gasteiger partial charge in [-0.3, -0.25) is 4.79 Å². The van der Waals surface area contributed by atoms with Crippen molar-refractivity contribution in [2.75, 3.05) is 5.75 Å². The molecule has 8 heteroatoms. The van der Waals surface area contributed by atoms with Gasteiger partial charge in [-0.15, -0.1) is 0 Å². The van der Waals surface area contributed by atoms with E-state index in [1.165, 1.54) is 0 Å². The minimum atomic E-state index is -0.0444. The third-order valence-electron chi connectivity index (χ3n) is 5.71. The number of aromatic nitrogens is 2. The minimum absolute atomic E-state index is 0.0444. The Hall–Kier alpha value is -2.22. The summed E-state index contributed by atoms with van der Waals surface area (Å²) >= 11 is 1.92. The van der Waals surface area contributed by atoms with E-state index in [0.717, 1.165) is 41.9 Å². The number of imidazole rings is 1. The van der Waals surface area contributed by atoms with Crippen molar-refractivity contribution >= 4 is 34.7 Å². The molecule has 2 saturated heterocycles. The maximum Gasteiger partial charge on any atom is 0.315 e. The van der Waals surface area contributed by atoms with Crippen LogP contribution in [0.4, 0.5) is 4.79 Å². The summed E-state index contributed by atoms with van der Waals surface area (Å²) in [6, 6.07) is 8.83. The lowest BCUT2D eigenvalue weighted by Gasteiger charge is -2.16. The number of nitrogens with zero attached hydrogens (tertiary/aromatic N) is 2. The first-order valence-electron chi connectivity index (χ1n) is 10.4. The molecule has 3 N–H and O–H groups in total. The molecule has 29 heavy (non-hydrogen) atoms.